The van der Waals surface area contributed by atoms with Crippen molar-refractivity contribution in [1.29, 1.82) is 0 Å². The third-order valence-electron chi connectivity index (χ3n) is 8.21. The van der Waals surface area contributed by atoms with E-state index in [4.69, 9.17) is 13.9 Å². The van der Waals surface area contributed by atoms with E-state index in [0.717, 1.165) is 5.92 Å². The molecule has 0 aromatic heterocycles. The zero-order chi connectivity index (χ0) is 19.8. The average molecular weight is 397 g/mol. The summed E-state index contributed by atoms with van der Waals surface area (Å²) in [6.45, 7) is 14.2. The maximum Gasteiger partial charge on any atom is 0.192 e. The van der Waals surface area contributed by atoms with Crippen LogP contribution in [0, 0.1) is 23.7 Å². The summed E-state index contributed by atoms with van der Waals surface area (Å²) in [6.07, 6.45) is 11.6. The maximum absolute atomic E-state index is 7.02. The minimum atomic E-state index is -1.76. The summed E-state index contributed by atoms with van der Waals surface area (Å²) >= 11 is 0. The van der Waals surface area contributed by atoms with Crippen molar-refractivity contribution in [3.05, 3.63) is 0 Å². The molecule has 3 fully saturated rings. The topological polar surface area (TPSA) is 27.7 Å². The van der Waals surface area contributed by atoms with Gasteiger partial charge < -0.3 is 13.9 Å². The Morgan fingerprint density at radius 2 is 1.67 bits per heavy atom. The maximum atomic E-state index is 7.02. The van der Waals surface area contributed by atoms with Gasteiger partial charge in [-0.1, -0.05) is 66.2 Å². The van der Waals surface area contributed by atoms with Crippen LogP contribution < -0.4 is 0 Å². The molecule has 0 N–H and O–H groups in total. The first-order valence-electron chi connectivity index (χ1n) is 11.6. The van der Waals surface area contributed by atoms with E-state index in [9.17, 15) is 0 Å². The molecule has 0 radical (unpaired) electrons. The lowest BCUT2D eigenvalue weighted by Gasteiger charge is -2.39. The van der Waals surface area contributed by atoms with E-state index in [-0.39, 0.29) is 11.3 Å². The third-order valence-corrected chi connectivity index (χ3v) is 12.7. The Labute approximate surface area is 169 Å². The Kier molecular flexibility index (Phi) is 6.82. The lowest BCUT2D eigenvalue weighted by atomic mass is 9.77. The highest BCUT2D eigenvalue weighted by Crippen LogP contribution is 2.62. The molecule has 158 valence electrons. The second-order valence-electron chi connectivity index (χ2n) is 10.9. The van der Waals surface area contributed by atoms with Crippen molar-refractivity contribution in [3.63, 3.8) is 0 Å². The molecule has 2 saturated carbocycles. The van der Waals surface area contributed by atoms with Gasteiger partial charge in [-0.15, -0.1) is 0 Å². The van der Waals surface area contributed by atoms with E-state index >= 15 is 0 Å². The number of hydrogen-bond donors (Lipinski definition) is 0. The van der Waals surface area contributed by atoms with Gasteiger partial charge in [0.25, 0.3) is 0 Å². The summed E-state index contributed by atoms with van der Waals surface area (Å²) in [4.78, 5) is 0. The summed E-state index contributed by atoms with van der Waals surface area (Å²) < 4.78 is 19.1. The molecule has 4 heteroatoms. The Morgan fingerprint density at radius 3 is 2.30 bits per heavy atom. The second-order valence-corrected chi connectivity index (χ2v) is 15.7. The van der Waals surface area contributed by atoms with Gasteiger partial charge in [-0.3, -0.25) is 0 Å². The highest BCUT2D eigenvalue weighted by Gasteiger charge is 2.67. The molecule has 27 heavy (non-hydrogen) atoms. The standard InChI is InChI=1S/C23H44O3Si/c1-8-9-10-11-12-13-14-16-17-15-18-20(19(16)22(24-5)25-18)21(17)26-27(6,7)23(2,3)4/h16-22H,8-15H2,1-7H3/t16-,17?,18?,19?,20?,21-,22-/m1/s1. The minimum Gasteiger partial charge on any atom is -0.413 e. The lowest BCUT2D eigenvalue weighted by molar-refractivity contribution is -0.130. The molecular formula is C23H44O3Si. The van der Waals surface area contributed by atoms with Crippen LogP contribution in [0.15, 0.2) is 0 Å². The zero-order valence-corrected chi connectivity index (χ0v) is 19.9. The summed E-state index contributed by atoms with van der Waals surface area (Å²) in [6, 6.07) is 0. The minimum absolute atomic E-state index is 0.00288. The Balaban J connectivity index is 1.65. The monoisotopic (exact) mass is 396 g/mol. The van der Waals surface area contributed by atoms with Gasteiger partial charge in [0.2, 0.25) is 0 Å². The van der Waals surface area contributed by atoms with E-state index in [1.807, 2.05) is 7.11 Å². The van der Waals surface area contributed by atoms with E-state index in [1.54, 1.807) is 0 Å². The van der Waals surface area contributed by atoms with Crippen LogP contribution in [0.1, 0.15) is 79.1 Å². The Morgan fingerprint density at radius 1 is 1.00 bits per heavy atom. The molecule has 1 heterocycles. The van der Waals surface area contributed by atoms with E-state index < -0.39 is 8.32 Å². The van der Waals surface area contributed by atoms with Crippen LogP contribution in [0.5, 0.6) is 0 Å². The van der Waals surface area contributed by atoms with Crippen LogP contribution in [0.3, 0.4) is 0 Å². The number of fused-ring (bicyclic) bond motifs is 1. The highest BCUT2D eigenvalue weighted by molar-refractivity contribution is 6.74. The molecule has 2 bridgehead atoms. The molecule has 0 aromatic carbocycles. The summed E-state index contributed by atoms with van der Waals surface area (Å²) in [5.74, 6) is 2.55. The molecule has 0 amide bonds. The fourth-order valence-corrected chi connectivity index (χ4v) is 7.13. The van der Waals surface area contributed by atoms with Gasteiger partial charge in [0.1, 0.15) is 0 Å². The van der Waals surface area contributed by atoms with Crippen molar-refractivity contribution in [2.45, 2.75) is 116 Å². The number of rotatable bonds is 10. The molecule has 7 atom stereocenters. The number of hydrogen-bond acceptors (Lipinski definition) is 3. The SMILES string of the molecule is CCCCCCCC[C@H]1C2C3C(CC1[C@H]3O[Si](C)(C)C(C)(C)C)O[C@H]2OC. The molecule has 2 aliphatic carbocycles. The van der Waals surface area contributed by atoms with Crippen LogP contribution in [0.25, 0.3) is 0 Å². The smallest absolute Gasteiger partial charge is 0.192 e. The molecule has 0 aromatic rings. The Bertz CT molecular complexity index is 487. The van der Waals surface area contributed by atoms with E-state index in [2.05, 4.69) is 40.8 Å². The molecule has 0 spiro atoms. The summed E-state index contributed by atoms with van der Waals surface area (Å²) in [7, 11) is 0.0714. The summed E-state index contributed by atoms with van der Waals surface area (Å²) in [5.41, 5.74) is 0. The van der Waals surface area contributed by atoms with E-state index in [0.29, 0.717) is 30.0 Å². The first-order chi connectivity index (χ1) is 12.7. The first kappa shape index (κ1) is 21.8. The summed E-state index contributed by atoms with van der Waals surface area (Å²) in [5, 5.41) is 0.268. The fourth-order valence-electron chi connectivity index (χ4n) is 5.77. The molecule has 4 unspecified atom stereocenters. The first-order valence-corrected chi connectivity index (χ1v) is 14.5. The quantitative estimate of drug-likeness (QED) is 0.317. The van der Waals surface area contributed by atoms with Crippen LogP contribution >= 0.6 is 0 Å². The number of unbranched alkanes of at least 4 members (excludes halogenated alkanes) is 5. The Hall–Kier alpha value is 0.0969. The van der Waals surface area contributed by atoms with Gasteiger partial charge in [-0.05, 0) is 42.8 Å². The normalized spacial score (nSPS) is 38.1. The predicted octanol–water partition coefficient (Wildman–Crippen LogP) is 6.38. The van der Waals surface area contributed by atoms with Crippen molar-refractivity contribution in [3.8, 4) is 0 Å². The van der Waals surface area contributed by atoms with Crippen molar-refractivity contribution in [2.24, 2.45) is 23.7 Å². The highest BCUT2D eigenvalue weighted by atomic mass is 28.4. The molecule has 3 rings (SSSR count). The molecule has 3 nitrogen and oxygen atoms in total. The molecule has 1 aliphatic heterocycles. The van der Waals surface area contributed by atoms with Gasteiger partial charge in [0.15, 0.2) is 14.6 Å². The molecular weight excluding hydrogens is 352 g/mol. The van der Waals surface area contributed by atoms with Crippen molar-refractivity contribution >= 4 is 8.32 Å². The molecule has 1 saturated heterocycles. The van der Waals surface area contributed by atoms with Crippen LogP contribution in [-0.4, -0.2) is 33.9 Å². The van der Waals surface area contributed by atoms with E-state index in [1.165, 1.54) is 51.4 Å². The predicted molar refractivity (Wildman–Crippen MR) is 114 cm³/mol. The van der Waals surface area contributed by atoms with Crippen molar-refractivity contribution < 1.29 is 13.9 Å². The fraction of sp³-hybridized carbons (Fsp3) is 1.00. The third kappa shape index (κ3) is 4.20. The van der Waals surface area contributed by atoms with Gasteiger partial charge in [0.05, 0.1) is 12.2 Å². The second kappa shape index (κ2) is 8.45. The number of methoxy groups -OCH3 is 1. The number of ether oxygens (including phenoxy) is 2. The van der Waals surface area contributed by atoms with Gasteiger partial charge in [0, 0.05) is 18.9 Å². The van der Waals surface area contributed by atoms with Crippen LogP contribution in [0.4, 0.5) is 0 Å². The van der Waals surface area contributed by atoms with Crippen molar-refractivity contribution in [1.82, 2.24) is 0 Å². The average Bonchev–Trinajstić information content (AvgIpc) is 3.15. The van der Waals surface area contributed by atoms with Crippen LogP contribution in [0.2, 0.25) is 18.1 Å². The van der Waals surface area contributed by atoms with Crippen LogP contribution in [-0.2, 0) is 13.9 Å². The zero-order valence-electron chi connectivity index (χ0n) is 18.9. The van der Waals surface area contributed by atoms with Crippen molar-refractivity contribution in [2.75, 3.05) is 7.11 Å². The van der Waals surface area contributed by atoms with Gasteiger partial charge in [-0.2, -0.15) is 0 Å². The lowest BCUT2D eigenvalue weighted by Crippen LogP contribution is -2.45. The molecule has 3 aliphatic rings. The van der Waals surface area contributed by atoms with Gasteiger partial charge >= 0.3 is 0 Å². The van der Waals surface area contributed by atoms with Gasteiger partial charge in [-0.25, -0.2) is 0 Å². The largest absolute Gasteiger partial charge is 0.413 e.